The lowest BCUT2D eigenvalue weighted by atomic mass is 10.0. The Kier molecular flexibility index (Phi) is 6.11. The molecule has 0 aliphatic rings. The van der Waals surface area contributed by atoms with E-state index in [-0.39, 0.29) is 11.5 Å². The normalized spacial score (nSPS) is 15.0. The van der Waals surface area contributed by atoms with Gasteiger partial charge >= 0.3 is 11.9 Å². The van der Waals surface area contributed by atoms with E-state index in [1.807, 2.05) is 0 Å². The smallest absolute Gasteiger partial charge is 0.340 e. The van der Waals surface area contributed by atoms with Crippen molar-refractivity contribution in [1.82, 2.24) is 0 Å². The number of carbonyl (C=O) groups excluding carboxylic acids is 2. The Morgan fingerprint density at radius 2 is 1.96 bits per heavy atom. The quantitative estimate of drug-likeness (QED) is 0.324. The van der Waals surface area contributed by atoms with Crippen molar-refractivity contribution in [2.75, 3.05) is 13.7 Å². The second kappa shape index (κ2) is 7.61. The van der Waals surface area contributed by atoms with Gasteiger partial charge in [0.25, 0.3) is 0 Å². The van der Waals surface area contributed by atoms with Crippen molar-refractivity contribution >= 4 is 18.0 Å². The number of esters is 2. The number of hydrogen-bond donors (Lipinski definition) is 4. The molecular weight excluding hydrogens is 308 g/mol. The molecule has 4 N–H and O–H groups in total. The molecule has 126 valence electrons. The zero-order valence-electron chi connectivity index (χ0n) is 12.6. The minimum atomic E-state index is -2.21. The molecule has 0 fully saturated rings. The van der Waals surface area contributed by atoms with Crippen LogP contribution in [0.5, 0.6) is 11.5 Å². The van der Waals surface area contributed by atoms with Crippen LogP contribution in [0.1, 0.15) is 12.5 Å². The van der Waals surface area contributed by atoms with Crippen LogP contribution in [0.15, 0.2) is 24.3 Å². The van der Waals surface area contributed by atoms with Gasteiger partial charge in [-0.15, -0.1) is 0 Å². The van der Waals surface area contributed by atoms with Crippen molar-refractivity contribution in [2.45, 2.75) is 18.6 Å². The average molecular weight is 326 g/mol. The van der Waals surface area contributed by atoms with Crippen molar-refractivity contribution < 1.29 is 39.5 Å². The largest absolute Gasteiger partial charge is 0.504 e. The number of phenols is 2. The van der Waals surface area contributed by atoms with Gasteiger partial charge in [-0.2, -0.15) is 0 Å². The van der Waals surface area contributed by atoms with Crippen LogP contribution in [0.25, 0.3) is 6.08 Å². The predicted molar refractivity (Wildman–Crippen MR) is 78.4 cm³/mol. The first-order valence-electron chi connectivity index (χ1n) is 6.54. The number of aromatic hydroxyl groups is 2. The maximum absolute atomic E-state index is 11.5. The maximum Gasteiger partial charge on any atom is 0.340 e. The number of carbonyl (C=O) groups is 2. The molecule has 0 amide bonds. The van der Waals surface area contributed by atoms with Gasteiger partial charge in [0.15, 0.2) is 17.1 Å². The molecule has 8 heteroatoms. The van der Waals surface area contributed by atoms with E-state index in [1.54, 1.807) is 0 Å². The maximum atomic E-state index is 11.5. The average Bonchev–Trinajstić information content (AvgIpc) is 2.52. The summed E-state index contributed by atoms with van der Waals surface area (Å²) in [7, 11) is 1.05. The lowest BCUT2D eigenvalue weighted by Gasteiger charge is -2.25. The van der Waals surface area contributed by atoms with E-state index in [0.717, 1.165) is 20.1 Å². The predicted octanol–water partition coefficient (Wildman–Crippen LogP) is -0.0609. The topological polar surface area (TPSA) is 134 Å². The number of aliphatic hydroxyl groups excluding tert-OH is 1. The van der Waals surface area contributed by atoms with Gasteiger partial charge in [-0.1, -0.05) is 6.07 Å². The number of benzene rings is 1. The molecule has 23 heavy (non-hydrogen) atoms. The van der Waals surface area contributed by atoms with Crippen LogP contribution in [0, 0.1) is 0 Å². The monoisotopic (exact) mass is 326 g/mol. The molecule has 0 saturated heterocycles. The summed E-state index contributed by atoms with van der Waals surface area (Å²) in [5.74, 6) is -2.53. The molecule has 0 aliphatic carbocycles. The molecule has 1 aromatic carbocycles. The van der Waals surface area contributed by atoms with E-state index in [0.29, 0.717) is 5.56 Å². The Labute approximate surface area is 132 Å². The highest BCUT2D eigenvalue weighted by Crippen LogP contribution is 2.25. The Morgan fingerprint density at radius 1 is 1.30 bits per heavy atom. The van der Waals surface area contributed by atoms with Gasteiger partial charge < -0.3 is 29.9 Å². The van der Waals surface area contributed by atoms with Gasteiger partial charge in [0.1, 0.15) is 12.7 Å². The fourth-order valence-corrected chi connectivity index (χ4v) is 1.52. The molecule has 2 unspecified atom stereocenters. The summed E-state index contributed by atoms with van der Waals surface area (Å²) in [6.07, 6.45) is 0.669. The van der Waals surface area contributed by atoms with E-state index in [4.69, 9.17) is 9.84 Å². The number of hydrogen-bond acceptors (Lipinski definition) is 8. The fraction of sp³-hybridized carbons (Fsp3) is 0.333. The third kappa shape index (κ3) is 4.97. The van der Waals surface area contributed by atoms with Gasteiger partial charge in [0.05, 0.1) is 7.11 Å². The van der Waals surface area contributed by atoms with Gasteiger partial charge in [0, 0.05) is 6.08 Å². The molecule has 1 rings (SSSR count). The Hall–Kier alpha value is -2.58. The lowest BCUT2D eigenvalue weighted by Crippen LogP contribution is -2.49. The van der Waals surface area contributed by atoms with Crippen LogP contribution in [0.2, 0.25) is 0 Å². The number of ether oxygens (including phenoxy) is 2. The van der Waals surface area contributed by atoms with E-state index in [1.165, 1.54) is 24.3 Å². The first-order chi connectivity index (χ1) is 10.7. The SMILES string of the molecule is COC(=O)C(C)(O)C(O)COC(=O)/C=C/c1ccc(O)c(O)c1. The van der Waals surface area contributed by atoms with Crippen molar-refractivity contribution in [1.29, 1.82) is 0 Å². The summed E-state index contributed by atoms with van der Waals surface area (Å²) in [5, 5.41) is 37.9. The number of methoxy groups -OCH3 is 1. The molecule has 1 aromatic rings. The summed E-state index contributed by atoms with van der Waals surface area (Å²) >= 11 is 0. The fourth-order valence-electron chi connectivity index (χ4n) is 1.52. The zero-order chi connectivity index (χ0) is 17.6. The molecule has 0 aromatic heterocycles. The van der Waals surface area contributed by atoms with Gasteiger partial charge in [-0.25, -0.2) is 9.59 Å². The van der Waals surface area contributed by atoms with Gasteiger partial charge in [-0.3, -0.25) is 0 Å². The van der Waals surface area contributed by atoms with E-state index < -0.39 is 30.3 Å². The molecule has 0 saturated carbocycles. The molecule has 0 heterocycles. The van der Waals surface area contributed by atoms with Crippen molar-refractivity contribution in [3.8, 4) is 11.5 Å². The molecule has 0 radical (unpaired) electrons. The molecule has 0 aliphatic heterocycles. The van der Waals surface area contributed by atoms with E-state index in [2.05, 4.69) is 4.74 Å². The van der Waals surface area contributed by atoms with Gasteiger partial charge in [0.2, 0.25) is 0 Å². The van der Waals surface area contributed by atoms with Crippen molar-refractivity contribution in [2.24, 2.45) is 0 Å². The number of aliphatic hydroxyl groups is 2. The summed E-state index contributed by atoms with van der Waals surface area (Å²) < 4.78 is 9.03. The van der Waals surface area contributed by atoms with E-state index >= 15 is 0 Å². The lowest BCUT2D eigenvalue weighted by molar-refractivity contribution is -0.178. The summed E-state index contributed by atoms with van der Waals surface area (Å²) in [6.45, 7) is 0.415. The third-order valence-electron chi connectivity index (χ3n) is 3.04. The number of phenolic OH excluding ortho intramolecular Hbond substituents is 2. The highest BCUT2D eigenvalue weighted by atomic mass is 16.6. The summed E-state index contributed by atoms with van der Waals surface area (Å²) in [4.78, 5) is 22.8. The van der Waals surface area contributed by atoms with Gasteiger partial charge in [-0.05, 0) is 30.7 Å². The minimum Gasteiger partial charge on any atom is -0.504 e. The van der Waals surface area contributed by atoms with Crippen molar-refractivity contribution in [3.05, 3.63) is 29.8 Å². The molecular formula is C15H18O8. The highest BCUT2D eigenvalue weighted by Gasteiger charge is 2.40. The Bertz CT molecular complexity index is 605. The minimum absolute atomic E-state index is 0.294. The van der Waals surface area contributed by atoms with Crippen LogP contribution in [-0.2, 0) is 19.1 Å². The van der Waals surface area contributed by atoms with Crippen LogP contribution in [0.3, 0.4) is 0 Å². The zero-order valence-corrected chi connectivity index (χ0v) is 12.6. The molecule has 0 spiro atoms. The third-order valence-corrected chi connectivity index (χ3v) is 3.04. The molecule has 8 nitrogen and oxygen atoms in total. The Balaban J connectivity index is 2.58. The van der Waals surface area contributed by atoms with E-state index in [9.17, 15) is 24.9 Å². The van der Waals surface area contributed by atoms with Crippen LogP contribution in [-0.4, -0.2) is 57.8 Å². The number of rotatable bonds is 6. The molecule has 2 atom stereocenters. The summed E-state index contributed by atoms with van der Waals surface area (Å²) in [5.41, 5.74) is -1.78. The first kappa shape index (κ1) is 18.5. The first-order valence-corrected chi connectivity index (χ1v) is 6.54. The molecule has 0 bridgehead atoms. The van der Waals surface area contributed by atoms with Crippen LogP contribution >= 0.6 is 0 Å². The summed E-state index contributed by atoms with van der Waals surface area (Å²) in [6, 6.07) is 3.93. The van der Waals surface area contributed by atoms with Crippen LogP contribution in [0.4, 0.5) is 0 Å². The highest BCUT2D eigenvalue weighted by molar-refractivity contribution is 5.87. The second-order valence-corrected chi connectivity index (χ2v) is 4.87. The van der Waals surface area contributed by atoms with Crippen molar-refractivity contribution in [3.63, 3.8) is 0 Å². The van der Waals surface area contributed by atoms with Crippen LogP contribution < -0.4 is 0 Å². The Morgan fingerprint density at radius 3 is 2.52 bits per heavy atom. The standard InChI is InChI=1S/C15H18O8/c1-15(21,14(20)22-2)12(18)8-23-13(19)6-4-9-3-5-10(16)11(17)7-9/h3-7,12,16-18,21H,8H2,1-2H3/b6-4+. The second-order valence-electron chi connectivity index (χ2n) is 4.87.